The maximum atomic E-state index is 12.9. The summed E-state index contributed by atoms with van der Waals surface area (Å²) >= 11 is 0. The van der Waals surface area contributed by atoms with E-state index in [0.717, 1.165) is 30.5 Å². The van der Waals surface area contributed by atoms with Gasteiger partial charge in [-0.2, -0.15) is 0 Å². The number of hydrogen-bond acceptors (Lipinski definition) is 3. The molecule has 2 heterocycles. The van der Waals surface area contributed by atoms with E-state index in [0.29, 0.717) is 0 Å². The third-order valence-corrected chi connectivity index (χ3v) is 4.25. The van der Waals surface area contributed by atoms with Crippen molar-refractivity contribution >= 4 is 0 Å². The summed E-state index contributed by atoms with van der Waals surface area (Å²) in [5.74, 6) is 1.30. The van der Waals surface area contributed by atoms with E-state index in [1.165, 1.54) is 25.4 Å². The average Bonchev–Trinajstić information content (AvgIpc) is 2.71. The molecule has 0 amide bonds. The molecule has 1 fully saturated rings. The minimum absolute atomic E-state index is 0.201. The molecule has 1 aromatic heterocycles. The normalized spacial score (nSPS) is 25.7. The SMILES string of the molecule is CNC(CCN1CC(C)C(C)C1)c1ccc(F)cn1. The van der Waals surface area contributed by atoms with Gasteiger partial charge in [-0.05, 0) is 37.4 Å². The number of pyridine rings is 1. The van der Waals surface area contributed by atoms with Crippen molar-refractivity contribution in [1.29, 1.82) is 0 Å². The Kier molecular flexibility index (Phi) is 4.88. The molecular formula is C15H24FN3. The molecule has 2 rings (SSSR count). The van der Waals surface area contributed by atoms with E-state index in [4.69, 9.17) is 0 Å². The van der Waals surface area contributed by atoms with Crippen LogP contribution in [0.5, 0.6) is 0 Å². The van der Waals surface area contributed by atoms with Crippen molar-refractivity contribution in [3.05, 3.63) is 29.8 Å². The number of aromatic nitrogens is 1. The summed E-state index contributed by atoms with van der Waals surface area (Å²) in [5, 5.41) is 3.27. The highest BCUT2D eigenvalue weighted by molar-refractivity contribution is 5.09. The lowest BCUT2D eigenvalue weighted by Crippen LogP contribution is -2.27. The van der Waals surface area contributed by atoms with Gasteiger partial charge < -0.3 is 10.2 Å². The summed E-state index contributed by atoms with van der Waals surface area (Å²) in [6, 6.07) is 3.45. The predicted octanol–water partition coefficient (Wildman–Crippen LogP) is 2.46. The molecule has 0 aromatic carbocycles. The van der Waals surface area contributed by atoms with Crippen LogP contribution in [0.25, 0.3) is 0 Å². The molecular weight excluding hydrogens is 241 g/mol. The lowest BCUT2D eigenvalue weighted by atomic mass is 10.0. The topological polar surface area (TPSA) is 28.2 Å². The zero-order valence-corrected chi connectivity index (χ0v) is 12.1. The Balaban J connectivity index is 1.88. The van der Waals surface area contributed by atoms with E-state index < -0.39 is 0 Å². The van der Waals surface area contributed by atoms with Crippen LogP contribution in [-0.4, -0.2) is 36.6 Å². The summed E-state index contributed by atoms with van der Waals surface area (Å²) in [7, 11) is 1.94. The molecule has 0 radical (unpaired) electrons. The molecule has 3 nitrogen and oxygen atoms in total. The van der Waals surface area contributed by atoms with Gasteiger partial charge in [0.1, 0.15) is 5.82 Å². The van der Waals surface area contributed by atoms with Crippen molar-refractivity contribution in [3.8, 4) is 0 Å². The van der Waals surface area contributed by atoms with Crippen molar-refractivity contribution in [1.82, 2.24) is 15.2 Å². The first-order chi connectivity index (χ1) is 9.10. The van der Waals surface area contributed by atoms with Gasteiger partial charge >= 0.3 is 0 Å². The number of nitrogens with zero attached hydrogens (tertiary/aromatic N) is 2. The summed E-state index contributed by atoms with van der Waals surface area (Å²) in [6.07, 6.45) is 2.30. The molecule has 1 saturated heterocycles. The maximum absolute atomic E-state index is 12.9. The van der Waals surface area contributed by atoms with Gasteiger partial charge in [-0.25, -0.2) is 4.39 Å². The van der Waals surface area contributed by atoms with Gasteiger partial charge in [-0.15, -0.1) is 0 Å². The maximum Gasteiger partial charge on any atom is 0.141 e. The van der Waals surface area contributed by atoms with Crippen molar-refractivity contribution < 1.29 is 4.39 Å². The van der Waals surface area contributed by atoms with Gasteiger partial charge in [0.15, 0.2) is 0 Å². The highest BCUT2D eigenvalue weighted by atomic mass is 19.1. The van der Waals surface area contributed by atoms with Crippen LogP contribution < -0.4 is 5.32 Å². The van der Waals surface area contributed by atoms with Crippen LogP contribution >= 0.6 is 0 Å². The molecule has 0 bridgehead atoms. The lowest BCUT2D eigenvalue weighted by Gasteiger charge is -2.20. The molecule has 3 atom stereocenters. The Morgan fingerprint density at radius 1 is 1.37 bits per heavy atom. The smallest absolute Gasteiger partial charge is 0.141 e. The van der Waals surface area contributed by atoms with Gasteiger partial charge in [0.2, 0.25) is 0 Å². The number of likely N-dealkylation sites (tertiary alicyclic amines) is 1. The fourth-order valence-corrected chi connectivity index (χ4v) is 2.78. The Morgan fingerprint density at radius 2 is 2.05 bits per heavy atom. The van der Waals surface area contributed by atoms with Crippen molar-refractivity contribution in [2.45, 2.75) is 26.3 Å². The minimum Gasteiger partial charge on any atom is -0.312 e. The number of rotatable bonds is 5. The Morgan fingerprint density at radius 3 is 2.58 bits per heavy atom. The van der Waals surface area contributed by atoms with E-state index in [2.05, 4.69) is 29.0 Å². The van der Waals surface area contributed by atoms with Crippen LogP contribution in [0, 0.1) is 17.7 Å². The molecule has 4 heteroatoms. The highest BCUT2D eigenvalue weighted by Crippen LogP contribution is 2.23. The third-order valence-electron chi connectivity index (χ3n) is 4.25. The van der Waals surface area contributed by atoms with E-state index in [-0.39, 0.29) is 11.9 Å². The molecule has 19 heavy (non-hydrogen) atoms. The highest BCUT2D eigenvalue weighted by Gasteiger charge is 2.26. The zero-order chi connectivity index (χ0) is 13.8. The van der Waals surface area contributed by atoms with Crippen molar-refractivity contribution in [2.75, 3.05) is 26.7 Å². The summed E-state index contributed by atoms with van der Waals surface area (Å²) < 4.78 is 12.9. The van der Waals surface area contributed by atoms with Crippen LogP contribution in [0.4, 0.5) is 4.39 Å². The molecule has 0 spiro atoms. The molecule has 1 aliphatic rings. The second-order valence-electron chi connectivity index (χ2n) is 5.75. The lowest BCUT2D eigenvalue weighted by molar-refractivity contribution is 0.300. The first-order valence-corrected chi connectivity index (χ1v) is 7.11. The van der Waals surface area contributed by atoms with E-state index in [1.54, 1.807) is 6.07 Å². The summed E-state index contributed by atoms with van der Waals surface area (Å²) in [4.78, 5) is 6.69. The van der Waals surface area contributed by atoms with E-state index >= 15 is 0 Å². The average molecular weight is 265 g/mol. The summed E-state index contributed by atoms with van der Waals surface area (Å²) in [6.45, 7) is 8.09. The van der Waals surface area contributed by atoms with Crippen LogP contribution in [0.1, 0.15) is 32.0 Å². The third kappa shape index (κ3) is 3.74. The van der Waals surface area contributed by atoms with E-state index in [9.17, 15) is 4.39 Å². The predicted molar refractivity (Wildman–Crippen MR) is 75.4 cm³/mol. The van der Waals surface area contributed by atoms with Crippen LogP contribution in [0.15, 0.2) is 18.3 Å². The molecule has 106 valence electrons. The number of halogens is 1. The fraction of sp³-hybridized carbons (Fsp3) is 0.667. The van der Waals surface area contributed by atoms with Gasteiger partial charge in [0.25, 0.3) is 0 Å². The standard InChI is InChI=1S/C15H24FN3/c1-11-9-19(10-12(11)2)7-6-14(17-3)15-5-4-13(16)8-18-15/h4-5,8,11-12,14,17H,6-7,9-10H2,1-3H3. The van der Waals surface area contributed by atoms with Crippen LogP contribution in [0.2, 0.25) is 0 Å². The Hall–Kier alpha value is -1.00. The Labute approximate surface area is 115 Å². The van der Waals surface area contributed by atoms with E-state index in [1.807, 2.05) is 7.05 Å². The molecule has 0 aliphatic carbocycles. The number of nitrogens with one attached hydrogen (secondary N) is 1. The first kappa shape index (κ1) is 14.4. The Bertz CT molecular complexity index is 383. The van der Waals surface area contributed by atoms with Gasteiger partial charge in [-0.3, -0.25) is 4.98 Å². The molecule has 1 aliphatic heterocycles. The van der Waals surface area contributed by atoms with Crippen molar-refractivity contribution in [2.24, 2.45) is 11.8 Å². The molecule has 1 N–H and O–H groups in total. The first-order valence-electron chi connectivity index (χ1n) is 7.11. The van der Waals surface area contributed by atoms with Gasteiger partial charge in [0.05, 0.1) is 17.9 Å². The van der Waals surface area contributed by atoms with Gasteiger partial charge in [0, 0.05) is 19.6 Å². The number of hydrogen-bond donors (Lipinski definition) is 1. The zero-order valence-electron chi connectivity index (χ0n) is 12.1. The monoisotopic (exact) mass is 265 g/mol. The molecule has 3 unspecified atom stereocenters. The largest absolute Gasteiger partial charge is 0.312 e. The fourth-order valence-electron chi connectivity index (χ4n) is 2.78. The second-order valence-corrected chi connectivity index (χ2v) is 5.75. The van der Waals surface area contributed by atoms with Crippen LogP contribution in [0.3, 0.4) is 0 Å². The second kappa shape index (κ2) is 6.44. The quantitative estimate of drug-likeness (QED) is 0.886. The minimum atomic E-state index is -0.277. The summed E-state index contributed by atoms with van der Waals surface area (Å²) in [5.41, 5.74) is 0.921. The van der Waals surface area contributed by atoms with Crippen LogP contribution in [-0.2, 0) is 0 Å². The molecule has 0 saturated carbocycles. The molecule has 1 aromatic rings. The van der Waals surface area contributed by atoms with Gasteiger partial charge in [-0.1, -0.05) is 13.8 Å². The van der Waals surface area contributed by atoms with Crippen molar-refractivity contribution in [3.63, 3.8) is 0 Å².